The standard InChI is InChI=1S/C15H25N5O2/c1-12-8-17-20(10-12)7-5-16-9-15(22)19-6-3-4-14(11-19)18-13(2)21/h8,10,14,16H,3-7,9,11H2,1-2H3,(H,18,21)/t14-/m1/s1. The minimum atomic E-state index is -0.0352. The highest BCUT2D eigenvalue weighted by atomic mass is 16.2. The third-order valence-corrected chi connectivity index (χ3v) is 3.74. The number of hydrogen-bond acceptors (Lipinski definition) is 4. The Morgan fingerprint density at radius 1 is 1.45 bits per heavy atom. The normalized spacial score (nSPS) is 18.3. The summed E-state index contributed by atoms with van der Waals surface area (Å²) in [7, 11) is 0. The summed E-state index contributed by atoms with van der Waals surface area (Å²) in [4.78, 5) is 25.1. The summed E-state index contributed by atoms with van der Waals surface area (Å²) in [6, 6.07) is 0.0854. The summed E-state index contributed by atoms with van der Waals surface area (Å²) in [5.74, 6) is 0.0543. The lowest BCUT2D eigenvalue weighted by Gasteiger charge is -2.33. The summed E-state index contributed by atoms with van der Waals surface area (Å²) in [6.07, 6.45) is 5.67. The highest BCUT2D eigenvalue weighted by Crippen LogP contribution is 2.10. The first kappa shape index (κ1) is 16.5. The maximum absolute atomic E-state index is 12.2. The zero-order valence-electron chi connectivity index (χ0n) is 13.3. The van der Waals surface area contributed by atoms with E-state index in [0.29, 0.717) is 19.6 Å². The molecule has 2 amide bonds. The van der Waals surface area contributed by atoms with E-state index in [4.69, 9.17) is 0 Å². The molecule has 0 unspecified atom stereocenters. The van der Waals surface area contributed by atoms with Crippen LogP contribution >= 0.6 is 0 Å². The Balaban J connectivity index is 1.67. The molecule has 0 aliphatic carbocycles. The van der Waals surface area contributed by atoms with Gasteiger partial charge < -0.3 is 15.5 Å². The van der Waals surface area contributed by atoms with Crippen molar-refractivity contribution in [3.05, 3.63) is 18.0 Å². The molecule has 1 aliphatic heterocycles. The van der Waals surface area contributed by atoms with E-state index in [0.717, 1.165) is 31.5 Å². The van der Waals surface area contributed by atoms with E-state index in [9.17, 15) is 9.59 Å². The number of carbonyl (C=O) groups is 2. The van der Waals surface area contributed by atoms with Crippen LogP contribution in [0.15, 0.2) is 12.4 Å². The summed E-state index contributed by atoms with van der Waals surface area (Å²) in [6.45, 7) is 6.67. The van der Waals surface area contributed by atoms with Gasteiger partial charge in [0.15, 0.2) is 0 Å². The van der Waals surface area contributed by atoms with Gasteiger partial charge in [-0.1, -0.05) is 0 Å². The molecule has 0 radical (unpaired) electrons. The average molecular weight is 307 g/mol. The molecule has 0 saturated carbocycles. The number of nitrogens with zero attached hydrogens (tertiary/aromatic N) is 3. The number of hydrogen-bond donors (Lipinski definition) is 2. The van der Waals surface area contributed by atoms with Gasteiger partial charge in [-0.3, -0.25) is 14.3 Å². The molecule has 7 nitrogen and oxygen atoms in total. The van der Waals surface area contributed by atoms with Crippen LogP contribution < -0.4 is 10.6 Å². The molecule has 1 atom stereocenters. The maximum Gasteiger partial charge on any atom is 0.236 e. The van der Waals surface area contributed by atoms with Gasteiger partial charge in [-0.25, -0.2) is 0 Å². The van der Waals surface area contributed by atoms with Gasteiger partial charge in [0.25, 0.3) is 0 Å². The Morgan fingerprint density at radius 3 is 2.95 bits per heavy atom. The number of rotatable bonds is 6. The molecule has 1 aliphatic rings. The molecular formula is C15H25N5O2. The van der Waals surface area contributed by atoms with Crippen LogP contribution in [0.4, 0.5) is 0 Å². The van der Waals surface area contributed by atoms with Crippen LogP contribution in [0.2, 0.25) is 0 Å². The first-order valence-corrected chi connectivity index (χ1v) is 7.79. The molecule has 0 spiro atoms. The van der Waals surface area contributed by atoms with Gasteiger partial charge >= 0.3 is 0 Å². The van der Waals surface area contributed by atoms with Crippen LogP contribution in [0.1, 0.15) is 25.3 Å². The molecule has 0 bridgehead atoms. The van der Waals surface area contributed by atoms with E-state index < -0.39 is 0 Å². The fraction of sp³-hybridized carbons (Fsp3) is 0.667. The van der Waals surface area contributed by atoms with E-state index in [1.165, 1.54) is 6.92 Å². The molecule has 2 N–H and O–H groups in total. The monoisotopic (exact) mass is 307 g/mol. The second-order valence-electron chi connectivity index (χ2n) is 5.84. The summed E-state index contributed by atoms with van der Waals surface area (Å²) in [5, 5.41) is 10.3. The molecule has 1 fully saturated rings. The predicted octanol–water partition coefficient (Wildman–Crippen LogP) is -0.0918. The fourth-order valence-electron chi connectivity index (χ4n) is 2.70. The van der Waals surface area contributed by atoms with E-state index >= 15 is 0 Å². The SMILES string of the molecule is CC(=O)N[C@@H]1CCCN(C(=O)CNCCn2cc(C)cn2)C1. The van der Waals surface area contributed by atoms with Crippen molar-refractivity contribution < 1.29 is 9.59 Å². The zero-order chi connectivity index (χ0) is 15.9. The highest BCUT2D eigenvalue weighted by molar-refractivity contribution is 5.78. The van der Waals surface area contributed by atoms with Gasteiger partial charge in [0.2, 0.25) is 11.8 Å². The predicted molar refractivity (Wildman–Crippen MR) is 83.3 cm³/mol. The van der Waals surface area contributed by atoms with Gasteiger partial charge in [-0.15, -0.1) is 0 Å². The van der Waals surface area contributed by atoms with Crippen LogP contribution in [0.25, 0.3) is 0 Å². The van der Waals surface area contributed by atoms with Crippen molar-refractivity contribution >= 4 is 11.8 Å². The molecule has 1 saturated heterocycles. The third kappa shape index (κ3) is 5.14. The van der Waals surface area contributed by atoms with Crippen molar-refractivity contribution in [1.82, 2.24) is 25.3 Å². The number of aromatic nitrogens is 2. The van der Waals surface area contributed by atoms with E-state index in [-0.39, 0.29) is 17.9 Å². The lowest BCUT2D eigenvalue weighted by molar-refractivity contribution is -0.132. The first-order chi connectivity index (χ1) is 10.5. The second kappa shape index (κ2) is 7.93. The summed E-state index contributed by atoms with van der Waals surface area (Å²) >= 11 is 0. The minimum Gasteiger partial charge on any atom is -0.352 e. The van der Waals surface area contributed by atoms with E-state index in [2.05, 4.69) is 15.7 Å². The van der Waals surface area contributed by atoms with Gasteiger partial charge in [0.1, 0.15) is 0 Å². The molecule has 122 valence electrons. The van der Waals surface area contributed by atoms with Crippen LogP contribution in [0.3, 0.4) is 0 Å². The Kier molecular flexibility index (Phi) is 5.94. The molecule has 0 aromatic carbocycles. The Labute approximate surface area is 131 Å². The molecule has 2 rings (SSSR count). The van der Waals surface area contributed by atoms with Crippen molar-refractivity contribution in [2.45, 2.75) is 39.3 Å². The van der Waals surface area contributed by atoms with Gasteiger partial charge in [-0.2, -0.15) is 5.10 Å². The van der Waals surface area contributed by atoms with Gasteiger partial charge in [0, 0.05) is 38.8 Å². The number of carbonyl (C=O) groups excluding carboxylic acids is 2. The van der Waals surface area contributed by atoms with E-state index in [1.54, 1.807) is 0 Å². The molecular weight excluding hydrogens is 282 g/mol. The van der Waals surface area contributed by atoms with Crippen molar-refractivity contribution in [3.8, 4) is 0 Å². The lowest BCUT2D eigenvalue weighted by Crippen LogP contribution is -2.51. The van der Waals surface area contributed by atoms with Crippen LogP contribution in [0, 0.1) is 6.92 Å². The van der Waals surface area contributed by atoms with E-state index in [1.807, 2.05) is 28.9 Å². The number of nitrogens with one attached hydrogen (secondary N) is 2. The first-order valence-electron chi connectivity index (χ1n) is 7.79. The minimum absolute atomic E-state index is 0.0352. The number of amides is 2. The van der Waals surface area contributed by atoms with Crippen molar-refractivity contribution in [1.29, 1.82) is 0 Å². The summed E-state index contributed by atoms with van der Waals surface area (Å²) < 4.78 is 1.86. The highest BCUT2D eigenvalue weighted by Gasteiger charge is 2.23. The molecule has 1 aromatic rings. The van der Waals surface area contributed by atoms with Crippen LogP contribution in [-0.2, 0) is 16.1 Å². The maximum atomic E-state index is 12.2. The van der Waals surface area contributed by atoms with Crippen molar-refractivity contribution in [3.63, 3.8) is 0 Å². The van der Waals surface area contributed by atoms with Crippen LogP contribution in [-0.4, -0.2) is 58.7 Å². The number of likely N-dealkylation sites (tertiary alicyclic amines) is 1. The average Bonchev–Trinajstić information content (AvgIpc) is 2.88. The van der Waals surface area contributed by atoms with Crippen molar-refractivity contribution in [2.75, 3.05) is 26.2 Å². The molecule has 22 heavy (non-hydrogen) atoms. The largest absolute Gasteiger partial charge is 0.352 e. The quantitative estimate of drug-likeness (QED) is 0.720. The van der Waals surface area contributed by atoms with Gasteiger partial charge in [-0.05, 0) is 25.3 Å². The molecule has 2 heterocycles. The van der Waals surface area contributed by atoms with Crippen molar-refractivity contribution in [2.24, 2.45) is 0 Å². The summed E-state index contributed by atoms with van der Waals surface area (Å²) in [5.41, 5.74) is 1.13. The van der Waals surface area contributed by atoms with Crippen LogP contribution in [0.5, 0.6) is 0 Å². The number of piperidine rings is 1. The smallest absolute Gasteiger partial charge is 0.236 e. The Morgan fingerprint density at radius 2 is 2.27 bits per heavy atom. The molecule has 7 heteroatoms. The lowest BCUT2D eigenvalue weighted by atomic mass is 10.1. The Hall–Kier alpha value is -1.89. The molecule has 1 aromatic heterocycles. The Bertz CT molecular complexity index is 514. The zero-order valence-corrected chi connectivity index (χ0v) is 13.3. The topological polar surface area (TPSA) is 79.3 Å². The third-order valence-electron chi connectivity index (χ3n) is 3.74. The fourth-order valence-corrected chi connectivity index (χ4v) is 2.70. The number of aryl methyl sites for hydroxylation is 1. The van der Waals surface area contributed by atoms with Gasteiger partial charge in [0.05, 0.1) is 19.3 Å². The second-order valence-corrected chi connectivity index (χ2v) is 5.84.